The van der Waals surface area contributed by atoms with E-state index < -0.39 is 0 Å². The molecule has 1 aliphatic rings. The Morgan fingerprint density at radius 2 is 2.40 bits per heavy atom. The Kier molecular flexibility index (Phi) is 1.79. The van der Waals surface area contributed by atoms with E-state index in [1.54, 1.807) is 18.2 Å². The largest absolute Gasteiger partial charge is 0.361 e. The molecule has 0 aromatic rings. The SMILES string of the molecule is N#CC1=CCC(=[N+]=[N-])C=C1. The van der Waals surface area contributed by atoms with E-state index in [0.717, 1.165) is 0 Å². The molecule has 0 N–H and O–H groups in total. The van der Waals surface area contributed by atoms with Gasteiger partial charge in [0.15, 0.2) is 0 Å². The fraction of sp³-hybridized carbons (Fsp3) is 0.143. The van der Waals surface area contributed by atoms with Crippen molar-refractivity contribution in [2.24, 2.45) is 0 Å². The van der Waals surface area contributed by atoms with E-state index in [1.807, 2.05) is 6.07 Å². The molecule has 48 valence electrons. The van der Waals surface area contributed by atoms with Gasteiger partial charge in [-0.2, -0.15) is 10.1 Å². The first-order valence-electron chi connectivity index (χ1n) is 2.86. The van der Waals surface area contributed by atoms with E-state index in [1.165, 1.54) is 0 Å². The summed E-state index contributed by atoms with van der Waals surface area (Å²) < 4.78 is 0. The van der Waals surface area contributed by atoms with E-state index >= 15 is 0 Å². The molecule has 3 nitrogen and oxygen atoms in total. The minimum atomic E-state index is 0.538. The second-order valence-electron chi connectivity index (χ2n) is 1.90. The third-order valence-electron chi connectivity index (χ3n) is 1.24. The highest BCUT2D eigenvalue weighted by atomic mass is 14.8. The molecule has 0 aromatic heterocycles. The minimum absolute atomic E-state index is 0.538. The summed E-state index contributed by atoms with van der Waals surface area (Å²) in [6, 6.07) is 1.99. The Morgan fingerprint density at radius 3 is 2.80 bits per heavy atom. The van der Waals surface area contributed by atoms with Crippen molar-refractivity contribution in [3.63, 3.8) is 0 Å². The Morgan fingerprint density at radius 1 is 1.60 bits per heavy atom. The number of allylic oxidation sites excluding steroid dienone is 4. The second-order valence-corrected chi connectivity index (χ2v) is 1.90. The van der Waals surface area contributed by atoms with Crippen LogP contribution in [-0.2, 0) is 0 Å². The fourth-order valence-electron chi connectivity index (χ4n) is 0.694. The summed E-state index contributed by atoms with van der Waals surface area (Å²) in [6.45, 7) is 0. The van der Waals surface area contributed by atoms with Gasteiger partial charge in [-0.05, 0) is 6.08 Å². The van der Waals surface area contributed by atoms with Crippen molar-refractivity contribution in [1.82, 2.24) is 0 Å². The standard InChI is InChI=1S/C7H5N3/c8-5-6-1-3-7(10-9)4-2-6/h1-3H,4H2. The predicted octanol–water partition coefficient (Wildman–Crippen LogP) is 1.07. The Balaban J connectivity index is 2.85. The van der Waals surface area contributed by atoms with E-state index in [4.69, 9.17) is 10.8 Å². The van der Waals surface area contributed by atoms with Crippen LogP contribution >= 0.6 is 0 Å². The van der Waals surface area contributed by atoms with Crippen molar-refractivity contribution in [1.29, 1.82) is 5.26 Å². The lowest BCUT2D eigenvalue weighted by molar-refractivity contribution is -0.00539. The third-order valence-corrected chi connectivity index (χ3v) is 1.24. The summed E-state index contributed by atoms with van der Waals surface area (Å²) in [4.78, 5) is 2.99. The highest BCUT2D eigenvalue weighted by Crippen LogP contribution is 2.04. The second kappa shape index (κ2) is 2.77. The van der Waals surface area contributed by atoms with Gasteiger partial charge in [-0.15, -0.1) is 0 Å². The van der Waals surface area contributed by atoms with Crippen molar-refractivity contribution >= 4 is 5.71 Å². The molecule has 0 unspecified atom stereocenters. The topological polar surface area (TPSA) is 60.2 Å². The molecule has 0 saturated carbocycles. The lowest BCUT2D eigenvalue weighted by Gasteiger charge is -1.91. The van der Waals surface area contributed by atoms with Crippen LogP contribution in [0.25, 0.3) is 5.53 Å². The maximum atomic E-state index is 8.38. The molecule has 0 radical (unpaired) electrons. The van der Waals surface area contributed by atoms with Crippen molar-refractivity contribution in [3.05, 3.63) is 29.3 Å². The maximum absolute atomic E-state index is 8.38. The van der Waals surface area contributed by atoms with Gasteiger partial charge in [-0.1, -0.05) is 6.08 Å². The van der Waals surface area contributed by atoms with E-state index in [-0.39, 0.29) is 0 Å². The molecule has 1 rings (SSSR count). The molecule has 3 heteroatoms. The molecule has 0 bridgehead atoms. The number of nitriles is 1. The fourth-order valence-corrected chi connectivity index (χ4v) is 0.694. The summed E-state index contributed by atoms with van der Waals surface area (Å²) >= 11 is 0. The monoisotopic (exact) mass is 131 g/mol. The van der Waals surface area contributed by atoms with Crippen LogP contribution in [0.5, 0.6) is 0 Å². The molecule has 0 aliphatic heterocycles. The zero-order chi connectivity index (χ0) is 7.40. The van der Waals surface area contributed by atoms with E-state index in [9.17, 15) is 0 Å². The summed E-state index contributed by atoms with van der Waals surface area (Å²) in [5.74, 6) is 0. The summed E-state index contributed by atoms with van der Waals surface area (Å²) in [7, 11) is 0. The maximum Gasteiger partial charge on any atom is 0.295 e. The highest BCUT2D eigenvalue weighted by molar-refractivity contribution is 5.93. The molecule has 10 heavy (non-hydrogen) atoms. The molecule has 0 fully saturated rings. The molecule has 1 aliphatic carbocycles. The average molecular weight is 131 g/mol. The van der Waals surface area contributed by atoms with Crippen LogP contribution in [0.1, 0.15) is 6.42 Å². The molecule has 0 spiro atoms. The van der Waals surface area contributed by atoms with Gasteiger partial charge in [-0.3, -0.25) is 0 Å². The average Bonchev–Trinajstić information content (AvgIpc) is 2.05. The van der Waals surface area contributed by atoms with Crippen molar-refractivity contribution in [2.75, 3.05) is 0 Å². The van der Waals surface area contributed by atoms with Crippen LogP contribution in [0.15, 0.2) is 23.8 Å². The van der Waals surface area contributed by atoms with Crippen LogP contribution in [0.3, 0.4) is 0 Å². The van der Waals surface area contributed by atoms with Gasteiger partial charge >= 0.3 is 0 Å². The number of nitrogens with zero attached hydrogens (tertiary/aromatic N) is 3. The van der Waals surface area contributed by atoms with Crippen LogP contribution in [0.2, 0.25) is 0 Å². The lowest BCUT2D eigenvalue weighted by Crippen LogP contribution is -1.97. The lowest BCUT2D eigenvalue weighted by atomic mass is 10.1. The predicted molar refractivity (Wildman–Crippen MR) is 36.1 cm³/mol. The van der Waals surface area contributed by atoms with Crippen LogP contribution in [0.4, 0.5) is 0 Å². The quantitative estimate of drug-likeness (QED) is 0.358. The van der Waals surface area contributed by atoms with Gasteiger partial charge in [-0.25, -0.2) is 0 Å². The summed E-state index contributed by atoms with van der Waals surface area (Å²) in [5, 5.41) is 8.38. The summed E-state index contributed by atoms with van der Waals surface area (Å²) in [5.41, 5.74) is 9.47. The zero-order valence-electron chi connectivity index (χ0n) is 5.28. The molecule has 0 saturated heterocycles. The first kappa shape index (κ1) is 6.47. The first-order valence-corrected chi connectivity index (χ1v) is 2.86. The van der Waals surface area contributed by atoms with Gasteiger partial charge in [0, 0.05) is 11.6 Å². The van der Waals surface area contributed by atoms with Crippen LogP contribution in [-0.4, -0.2) is 10.5 Å². The number of rotatable bonds is 0. The van der Waals surface area contributed by atoms with Crippen molar-refractivity contribution < 1.29 is 4.79 Å². The molecule has 0 heterocycles. The van der Waals surface area contributed by atoms with E-state index in [0.29, 0.717) is 17.7 Å². The van der Waals surface area contributed by atoms with Crippen molar-refractivity contribution in [2.45, 2.75) is 6.42 Å². The van der Waals surface area contributed by atoms with Crippen molar-refractivity contribution in [3.8, 4) is 6.07 Å². The van der Waals surface area contributed by atoms with Gasteiger partial charge in [0.2, 0.25) is 0 Å². The third kappa shape index (κ3) is 1.19. The van der Waals surface area contributed by atoms with Gasteiger partial charge in [0.05, 0.1) is 12.5 Å². The summed E-state index contributed by atoms with van der Waals surface area (Å²) in [6.07, 6.45) is 5.50. The van der Waals surface area contributed by atoms with Crippen LogP contribution in [0, 0.1) is 11.3 Å². The number of hydrogen-bond acceptors (Lipinski definition) is 1. The number of hydrogen-bond donors (Lipinski definition) is 0. The molecular weight excluding hydrogens is 126 g/mol. The Labute approximate surface area is 58.5 Å². The molecule has 0 atom stereocenters. The van der Waals surface area contributed by atoms with Gasteiger partial charge in [0.25, 0.3) is 5.71 Å². The van der Waals surface area contributed by atoms with Gasteiger partial charge < -0.3 is 5.53 Å². The zero-order valence-corrected chi connectivity index (χ0v) is 5.28. The normalized spacial score (nSPS) is 15.5. The highest BCUT2D eigenvalue weighted by Gasteiger charge is 2.06. The molecule has 0 amide bonds. The Bertz CT molecular complexity index is 284. The Hall–Kier alpha value is -1.65. The first-order chi connectivity index (χ1) is 4.86. The molecular formula is C7H5N3. The van der Waals surface area contributed by atoms with E-state index in [2.05, 4.69) is 4.79 Å². The molecule has 0 aromatic carbocycles. The van der Waals surface area contributed by atoms with Gasteiger partial charge in [0.1, 0.15) is 0 Å². The minimum Gasteiger partial charge on any atom is -0.361 e. The van der Waals surface area contributed by atoms with Crippen LogP contribution < -0.4 is 0 Å². The smallest absolute Gasteiger partial charge is 0.295 e.